The maximum atomic E-state index is 6.08. The number of aryl methyl sites for hydroxylation is 1. The molecule has 1 aliphatic heterocycles. The quantitative estimate of drug-likeness (QED) is 0.881. The van der Waals surface area contributed by atoms with Crippen LogP contribution in [0.25, 0.3) is 11.1 Å². The lowest BCUT2D eigenvalue weighted by molar-refractivity contribution is 0.248. The zero-order valence-electron chi connectivity index (χ0n) is 11.1. The number of hydrogen-bond donors (Lipinski definition) is 1. The molecule has 0 saturated carbocycles. The second-order valence-electron chi connectivity index (χ2n) is 5.36. The fraction of sp³-hybridized carbons (Fsp3) is 0.533. The van der Waals surface area contributed by atoms with Crippen LogP contribution in [0.4, 0.5) is 0 Å². The molecule has 3 heteroatoms. The van der Waals surface area contributed by atoms with Gasteiger partial charge in [-0.15, -0.1) is 0 Å². The van der Waals surface area contributed by atoms with Gasteiger partial charge in [-0.05, 0) is 44.4 Å². The van der Waals surface area contributed by atoms with Crippen molar-refractivity contribution < 1.29 is 4.42 Å². The average molecular weight is 244 g/mol. The van der Waals surface area contributed by atoms with Crippen molar-refractivity contribution in [2.75, 3.05) is 13.1 Å². The molecule has 2 heterocycles. The number of oxazole rings is 1. The van der Waals surface area contributed by atoms with Crippen molar-refractivity contribution in [2.24, 2.45) is 0 Å². The van der Waals surface area contributed by atoms with E-state index >= 15 is 0 Å². The first kappa shape index (κ1) is 11.7. The van der Waals surface area contributed by atoms with Crippen molar-refractivity contribution in [3.05, 3.63) is 29.7 Å². The van der Waals surface area contributed by atoms with E-state index in [1.807, 2.05) is 12.1 Å². The topological polar surface area (TPSA) is 38.1 Å². The standard InChI is InChI=1S/C15H20N2O/c1-3-15(8-5-9-16-10-15)14-17-12-7-4-6-11(2)13(12)18-14/h4,6-7,16H,3,5,8-10H2,1-2H3. The van der Waals surface area contributed by atoms with Gasteiger partial charge in [-0.1, -0.05) is 19.1 Å². The molecule has 1 aliphatic rings. The Morgan fingerprint density at radius 2 is 2.33 bits per heavy atom. The van der Waals surface area contributed by atoms with E-state index in [1.54, 1.807) is 0 Å². The van der Waals surface area contributed by atoms with E-state index in [-0.39, 0.29) is 5.41 Å². The fourth-order valence-corrected chi connectivity index (χ4v) is 2.92. The van der Waals surface area contributed by atoms with Crippen molar-refractivity contribution in [1.82, 2.24) is 10.3 Å². The highest BCUT2D eigenvalue weighted by atomic mass is 16.3. The molecule has 0 bridgehead atoms. The van der Waals surface area contributed by atoms with Gasteiger partial charge in [0.2, 0.25) is 5.89 Å². The maximum Gasteiger partial charge on any atom is 0.202 e. The molecule has 2 aromatic rings. The molecule has 0 spiro atoms. The Kier molecular flexibility index (Phi) is 2.86. The first-order valence-corrected chi connectivity index (χ1v) is 6.82. The van der Waals surface area contributed by atoms with Crippen LogP contribution in [0, 0.1) is 6.92 Å². The highest BCUT2D eigenvalue weighted by Crippen LogP contribution is 2.36. The monoisotopic (exact) mass is 244 g/mol. The Labute approximate surface area is 108 Å². The van der Waals surface area contributed by atoms with Crippen molar-refractivity contribution in [3.8, 4) is 0 Å². The Balaban J connectivity index is 2.09. The molecule has 0 radical (unpaired) electrons. The highest BCUT2D eigenvalue weighted by molar-refractivity contribution is 5.76. The van der Waals surface area contributed by atoms with Crippen LogP contribution in [-0.2, 0) is 5.41 Å². The summed E-state index contributed by atoms with van der Waals surface area (Å²) in [6.07, 6.45) is 3.44. The van der Waals surface area contributed by atoms with Gasteiger partial charge in [0.1, 0.15) is 5.52 Å². The van der Waals surface area contributed by atoms with Gasteiger partial charge in [-0.25, -0.2) is 4.98 Å². The second kappa shape index (κ2) is 4.39. The molecule has 1 saturated heterocycles. The SMILES string of the molecule is CCC1(c2nc3cccc(C)c3o2)CCCNC1. The summed E-state index contributed by atoms with van der Waals surface area (Å²) >= 11 is 0. The molecule has 1 atom stereocenters. The molecule has 96 valence electrons. The summed E-state index contributed by atoms with van der Waals surface area (Å²) in [6, 6.07) is 6.16. The van der Waals surface area contributed by atoms with Crippen molar-refractivity contribution in [1.29, 1.82) is 0 Å². The first-order chi connectivity index (χ1) is 8.75. The van der Waals surface area contributed by atoms with E-state index in [4.69, 9.17) is 9.40 Å². The van der Waals surface area contributed by atoms with Crippen LogP contribution < -0.4 is 5.32 Å². The number of benzene rings is 1. The number of piperidine rings is 1. The van der Waals surface area contributed by atoms with E-state index in [9.17, 15) is 0 Å². The smallest absolute Gasteiger partial charge is 0.202 e. The minimum atomic E-state index is 0.0870. The maximum absolute atomic E-state index is 6.08. The van der Waals surface area contributed by atoms with Crippen LogP contribution in [0.3, 0.4) is 0 Å². The molecule has 0 amide bonds. The molecule has 1 N–H and O–H groups in total. The molecular weight excluding hydrogens is 224 g/mol. The number of nitrogens with one attached hydrogen (secondary N) is 1. The summed E-state index contributed by atoms with van der Waals surface area (Å²) < 4.78 is 6.08. The van der Waals surface area contributed by atoms with Gasteiger partial charge in [0.05, 0.1) is 5.41 Å². The summed E-state index contributed by atoms with van der Waals surface area (Å²) in [7, 11) is 0. The Bertz CT molecular complexity index is 553. The van der Waals surface area contributed by atoms with Gasteiger partial charge < -0.3 is 9.73 Å². The number of nitrogens with zero attached hydrogens (tertiary/aromatic N) is 1. The third kappa shape index (κ3) is 1.74. The Morgan fingerprint density at radius 3 is 3.00 bits per heavy atom. The zero-order valence-corrected chi connectivity index (χ0v) is 11.1. The van der Waals surface area contributed by atoms with E-state index in [2.05, 4.69) is 25.2 Å². The molecule has 1 fully saturated rings. The second-order valence-corrected chi connectivity index (χ2v) is 5.36. The van der Waals surface area contributed by atoms with Crippen LogP contribution in [0.5, 0.6) is 0 Å². The van der Waals surface area contributed by atoms with Crippen molar-refractivity contribution >= 4 is 11.1 Å². The lowest BCUT2D eigenvalue weighted by atomic mass is 9.78. The summed E-state index contributed by atoms with van der Waals surface area (Å²) in [4.78, 5) is 4.73. The first-order valence-electron chi connectivity index (χ1n) is 6.82. The van der Waals surface area contributed by atoms with E-state index < -0.39 is 0 Å². The Hall–Kier alpha value is -1.35. The lowest BCUT2D eigenvalue weighted by Gasteiger charge is -2.33. The van der Waals surface area contributed by atoms with E-state index in [0.29, 0.717) is 0 Å². The zero-order chi connectivity index (χ0) is 12.6. The van der Waals surface area contributed by atoms with Gasteiger partial charge >= 0.3 is 0 Å². The third-order valence-corrected chi connectivity index (χ3v) is 4.21. The average Bonchev–Trinajstić information content (AvgIpc) is 2.85. The third-order valence-electron chi connectivity index (χ3n) is 4.21. The largest absolute Gasteiger partial charge is 0.440 e. The van der Waals surface area contributed by atoms with Gasteiger partial charge in [-0.2, -0.15) is 0 Å². The van der Waals surface area contributed by atoms with Crippen LogP contribution in [-0.4, -0.2) is 18.1 Å². The molecule has 1 aromatic heterocycles. The van der Waals surface area contributed by atoms with Crippen LogP contribution >= 0.6 is 0 Å². The molecule has 3 rings (SSSR count). The van der Waals surface area contributed by atoms with Crippen LogP contribution in [0.2, 0.25) is 0 Å². The number of fused-ring (bicyclic) bond motifs is 1. The molecular formula is C15H20N2O. The summed E-state index contributed by atoms with van der Waals surface area (Å²) in [6.45, 7) is 6.40. The number of para-hydroxylation sites is 1. The predicted octanol–water partition coefficient (Wildman–Crippen LogP) is 3.17. The minimum absolute atomic E-state index is 0.0870. The fourth-order valence-electron chi connectivity index (χ4n) is 2.92. The van der Waals surface area contributed by atoms with E-state index in [0.717, 1.165) is 36.5 Å². The molecule has 1 unspecified atom stereocenters. The predicted molar refractivity (Wildman–Crippen MR) is 72.8 cm³/mol. The van der Waals surface area contributed by atoms with Crippen molar-refractivity contribution in [2.45, 2.75) is 38.5 Å². The van der Waals surface area contributed by atoms with Gasteiger partial charge in [0.15, 0.2) is 5.58 Å². The summed E-state index contributed by atoms with van der Waals surface area (Å²) in [5, 5.41) is 3.48. The number of aromatic nitrogens is 1. The van der Waals surface area contributed by atoms with Crippen molar-refractivity contribution in [3.63, 3.8) is 0 Å². The number of rotatable bonds is 2. The molecule has 18 heavy (non-hydrogen) atoms. The molecule has 0 aliphatic carbocycles. The highest BCUT2D eigenvalue weighted by Gasteiger charge is 2.37. The van der Waals surface area contributed by atoms with Gasteiger partial charge in [-0.3, -0.25) is 0 Å². The number of hydrogen-bond acceptors (Lipinski definition) is 3. The van der Waals surface area contributed by atoms with Gasteiger partial charge in [0, 0.05) is 6.54 Å². The minimum Gasteiger partial charge on any atom is -0.440 e. The summed E-state index contributed by atoms with van der Waals surface area (Å²) in [5.74, 6) is 0.918. The Morgan fingerprint density at radius 1 is 1.44 bits per heavy atom. The van der Waals surface area contributed by atoms with Crippen LogP contribution in [0.1, 0.15) is 37.6 Å². The summed E-state index contributed by atoms with van der Waals surface area (Å²) in [5.41, 5.74) is 3.19. The molecule has 3 nitrogen and oxygen atoms in total. The van der Waals surface area contributed by atoms with E-state index in [1.165, 1.54) is 18.4 Å². The van der Waals surface area contributed by atoms with Crippen LogP contribution in [0.15, 0.2) is 22.6 Å². The normalized spacial score (nSPS) is 24.6. The van der Waals surface area contributed by atoms with Gasteiger partial charge in [0.25, 0.3) is 0 Å². The lowest BCUT2D eigenvalue weighted by Crippen LogP contribution is -2.43. The molecule has 1 aromatic carbocycles.